The minimum absolute atomic E-state index is 0.204. The third-order valence-corrected chi connectivity index (χ3v) is 3.81. The molecule has 0 aliphatic heterocycles. The lowest BCUT2D eigenvalue weighted by atomic mass is 10.0. The summed E-state index contributed by atoms with van der Waals surface area (Å²) in [7, 11) is 2.12. The van der Waals surface area contributed by atoms with Crippen LogP contribution in [0.1, 0.15) is 39.2 Å². The number of hydrogen-bond acceptors (Lipinski definition) is 2. The highest BCUT2D eigenvalue weighted by atomic mass is 35.5. The molecule has 0 saturated carbocycles. The maximum atomic E-state index is 6.38. The minimum Gasteiger partial charge on any atom is -0.373 e. The molecule has 1 aromatic rings. The Hall–Kier alpha value is -0.730. The Morgan fingerprint density at radius 3 is 2.58 bits per heavy atom. The van der Waals surface area contributed by atoms with E-state index in [9.17, 15) is 0 Å². The lowest BCUT2D eigenvalue weighted by Crippen LogP contribution is -2.25. The molecule has 0 heterocycles. The summed E-state index contributed by atoms with van der Waals surface area (Å²) in [5, 5.41) is 0.826. The van der Waals surface area contributed by atoms with Crippen LogP contribution >= 0.6 is 11.6 Å². The van der Waals surface area contributed by atoms with Crippen LogP contribution in [0.25, 0.3) is 0 Å². The number of benzene rings is 1. The van der Waals surface area contributed by atoms with Crippen LogP contribution in [0.3, 0.4) is 0 Å². The maximum Gasteiger partial charge on any atom is 0.0642 e. The Morgan fingerprint density at radius 2 is 2.00 bits per heavy atom. The van der Waals surface area contributed by atoms with Crippen molar-refractivity contribution in [1.29, 1.82) is 0 Å². The van der Waals surface area contributed by atoms with Crippen molar-refractivity contribution < 1.29 is 0 Å². The Morgan fingerprint density at radius 1 is 1.32 bits per heavy atom. The van der Waals surface area contributed by atoms with Crippen molar-refractivity contribution in [2.45, 2.75) is 46.1 Å². The van der Waals surface area contributed by atoms with Crippen molar-refractivity contribution >= 4 is 17.3 Å². The zero-order valence-corrected chi connectivity index (χ0v) is 13.4. The molecule has 1 rings (SSSR count). The average molecular weight is 283 g/mol. The number of hydrogen-bond donors (Lipinski definition) is 1. The first-order valence-electron chi connectivity index (χ1n) is 7.19. The van der Waals surface area contributed by atoms with E-state index in [-0.39, 0.29) is 6.04 Å². The standard InChI is InChI=1S/C16H27ClN2/c1-5-14(18)11-13-7-6-8-15(17)16(13)19(4)10-9-12(2)3/h6-8,12,14H,5,9-11,18H2,1-4H3. The monoisotopic (exact) mass is 282 g/mol. The summed E-state index contributed by atoms with van der Waals surface area (Å²) < 4.78 is 0. The van der Waals surface area contributed by atoms with Gasteiger partial charge in [0.25, 0.3) is 0 Å². The molecule has 0 saturated heterocycles. The highest BCUT2D eigenvalue weighted by Gasteiger charge is 2.14. The highest BCUT2D eigenvalue weighted by Crippen LogP contribution is 2.30. The molecule has 108 valence electrons. The Labute approximate surface area is 122 Å². The van der Waals surface area contributed by atoms with Gasteiger partial charge in [0.05, 0.1) is 10.7 Å². The van der Waals surface area contributed by atoms with E-state index in [0.717, 1.165) is 30.1 Å². The quantitative estimate of drug-likeness (QED) is 0.816. The Bertz CT molecular complexity index is 390. The molecule has 19 heavy (non-hydrogen) atoms. The first kappa shape index (κ1) is 16.3. The number of anilines is 1. The fraction of sp³-hybridized carbons (Fsp3) is 0.625. The van der Waals surface area contributed by atoms with Crippen LogP contribution in [0.5, 0.6) is 0 Å². The second-order valence-corrected chi connectivity index (χ2v) is 6.13. The van der Waals surface area contributed by atoms with Gasteiger partial charge < -0.3 is 10.6 Å². The molecule has 0 aliphatic carbocycles. The molecule has 0 radical (unpaired) electrons. The predicted octanol–water partition coefficient (Wildman–Crippen LogP) is 4.10. The fourth-order valence-corrected chi connectivity index (χ4v) is 2.48. The van der Waals surface area contributed by atoms with E-state index in [0.29, 0.717) is 5.92 Å². The van der Waals surface area contributed by atoms with Gasteiger partial charge in [-0.2, -0.15) is 0 Å². The van der Waals surface area contributed by atoms with E-state index in [2.05, 4.69) is 38.8 Å². The Kier molecular flexibility index (Phi) is 6.67. The summed E-state index contributed by atoms with van der Waals surface area (Å²) in [6, 6.07) is 6.32. The summed E-state index contributed by atoms with van der Waals surface area (Å²) in [6.07, 6.45) is 3.04. The average Bonchev–Trinajstić information content (AvgIpc) is 2.36. The van der Waals surface area contributed by atoms with Gasteiger partial charge in [0.2, 0.25) is 0 Å². The topological polar surface area (TPSA) is 29.3 Å². The SMILES string of the molecule is CCC(N)Cc1cccc(Cl)c1N(C)CCC(C)C. The lowest BCUT2D eigenvalue weighted by Gasteiger charge is -2.25. The largest absolute Gasteiger partial charge is 0.373 e. The maximum absolute atomic E-state index is 6.38. The number of rotatable bonds is 7. The molecule has 0 amide bonds. The predicted molar refractivity (Wildman–Crippen MR) is 86.1 cm³/mol. The van der Waals surface area contributed by atoms with Crippen LogP contribution in [0.2, 0.25) is 5.02 Å². The molecule has 1 atom stereocenters. The van der Waals surface area contributed by atoms with Crippen LogP contribution in [-0.2, 0) is 6.42 Å². The second-order valence-electron chi connectivity index (χ2n) is 5.72. The number of para-hydroxylation sites is 1. The van der Waals surface area contributed by atoms with E-state index in [4.69, 9.17) is 17.3 Å². The van der Waals surface area contributed by atoms with E-state index in [1.54, 1.807) is 0 Å². The number of nitrogens with zero attached hydrogens (tertiary/aromatic N) is 1. The van der Waals surface area contributed by atoms with Gasteiger partial charge in [0.15, 0.2) is 0 Å². The van der Waals surface area contributed by atoms with Gasteiger partial charge >= 0.3 is 0 Å². The summed E-state index contributed by atoms with van der Waals surface area (Å²) in [5.74, 6) is 0.700. The third-order valence-electron chi connectivity index (χ3n) is 3.50. The molecule has 0 bridgehead atoms. The smallest absolute Gasteiger partial charge is 0.0642 e. The number of halogens is 1. The van der Waals surface area contributed by atoms with Crippen molar-refractivity contribution in [3.63, 3.8) is 0 Å². The summed E-state index contributed by atoms with van der Waals surface area (Å²) in [6.45, 7) is 7.63. The van der Waals surface area contributed by atoms with Gasteiger partial charge in [-0.25, -0.2) is 0 Å². The second kappa shape index (κ2) is 7.76. The van der Waals surface area contributed by atoms with Crippen molar-refractivity contribution in [3.8, 4) is 0 Å². The summed E-state index contributed by atoms with van der Waals surface area (Å²) >= 11 is 6.38. The summed E-state index contributed by atoms with van der Waals surface area (Å²) in [5.41, 5.74) is 8.49. The molecular weight excluding hydrogens is 256 g/mol. The van der Waals surface area contributed by atoms with Gasteiger partial charge in [0.1, 0.15) is 0 Å². The lowest BCUT2D eigenvalue weighted by molar-refractivity contribution is 0.583. The van der Waals surface area contributed by atoms with Crippen LogP contribution < -0.4 is 10.6 Å². The first-order chi connectivity index (χ1) is 8.95. The van der Waals surface area contributed by atoms with Crippen molar-refractivity contribution in [2.24, 2.45) is 11.7 Å². The molecule has 0 aliphatic rings. The molecule has 2 N–H and O–H groups in total. The Balaban J connectivity index is 2.90. The van der Waals surface area contributed by atoms with Crippen LogP contribution in [-0.4, -0.2) is 19.6 Å². The van der Waals surface area contributed by atoms with Crippen LogP contribution in [0.4, 0.5) is 5.69 Å². The van der Waals surface area contributed by atoms with Gasteiger partial charge in [-0.1, -0.05) is 44.5 Å². The molecule has 1 unspecified atom stereocenters. The molecule has 0 fully saturated rings. The zero-order valence-electron chi connectivity index (χ0n) is 12.6. The third kappa shape index (κ3) is 5.04. The van der Waals surface area contributed by atoms with E-state index < -0.39 is 0 Å². The molecule has 1 aromatic carbocycles. The molecule has 0 spiro atoms. The van der Waals surface area contributed by atoms with Crippen LogP contribution in [0.15, 0.2) is 18.2 Å². The van der Waals surface area contributed by atoms with Gasteiger partial charge in [0, 0.05) is 19.6 Å². The van der Waals surface area contributed by atoms with Crippen LogP contribution in [0, 0.1) is 5.92 Å². The molecule has 2 nitrogen and oxygen atoms in total. The van der Waals surface area contributed by atoms with Gasteiger partial charge in [-0.05, 0) is 36.8 Å². The van der Waals surface area contributed by atoms with E-state index >= 15 is 0 Å². The summed E-state index contributed by atoms with van der Waals surface area (Å²) in [4.78, 5) is 2.26. The highest BCUT2D eigenvalue weighted by molar-refractivity contribution is 6.33. The van der Waals surface area contributed by atoms with E-state index in [1.807, 2.05) is 12.1 Å². The van der Waals surface area contributed by atoms with Crippen molar-refractivity contribution in [2.75, 3.05) is 18.5 Å². The van der Waals surface area contributed by atoms with Crippen molar-refractivity contribution in [3.05, 3.63) is 28.8 Å². The van der Waals surface area contributed by atoms with E-state index in [1.165, 1.54) is 12.0 Å². The zero-order chi connectivity index (χ0) is 14.4. The molecular formula is C16H27ClN2. The first-order valence-corrected chi connectivity index (χ1v) is 7.57. The van der Waals surface area contributed by atoms with Crippen molar-refractivity contribution in [1.82, 2.24) is 0 Å². The molecule has 3 heteroatoms. The van der Waals surface area contributed by atoms with Gasteiger partial charge in [-0.15, -0.1) is 0 Å². The van der Waals surface area contributed by atoms with Gasteiger partial charge in [-0.3, -0.25) is 0 Å². The fourth-order valence-electron chi connectivity index (χ4n) is 2.14. The minimum atomic E-state index is 0.204. The normalized spacial score (nSPS) is 12.8. The molecule has 0 aromatic heterocycles. The number of nitrogens with two attached hydrogens (primary N) is 1.